The summed E-state index contributed by atoms with van der Waals surface area (Å²) in [5, 5.41) is 3.27. The molecule has 5 heteroatoms. The highest BCUT2D eigenvalue weighted by Crippen LogP contribution is 2.24. The Hall–Kier alpha value is -2.20. The Balaban J connectivity index is 1.89. The van der Waals surface area contributed by atoms with Crippen LogP contribution in [-0.2, 0) is 0 Å². The molecule has 116 valence electrons. The third-order valence-electron chi connectivity index (χ3n) is 3.03. The summed E-state index contributed by atoms with van der Waals surface area (Å²) in [7, 11) is 1.53. The van der Waals surface area contributed by atoms with Crippen molar-refractivity contribution >= 4 is 17.5 Å². The molecule has 0 heterocycles. The molecule has 1 atom stereocenters. The van der Waals surface area contributed by atoms with Crippen LogP contribution < -0.4 is 14.8 Å². The van der Waals surface area contributed by atoms with Crippen LogP contribution in [0.25, 0.3) is 0 Å². The number of hydrogen-bond acceptors (Lipinski definition) is 3. The first-order chi connectivity index (χ1) is 10.6. The Morgan fingerprint density at radius 3 is 2.59 bits per heavy atom. The van der Waals surface area contributed by atoms with Crippen molar-refractivity contribution in [3.05, 3.63) is 59.1 Å². The van der Waals surface area contributed by atoms with Gasteiger partial charge in [-0.25, -0.2) is 0 Å². The molecule has 2 aromatic carbocycles. The number of carbonyl (C=O) groups is 1. The van der Waals surface area contributed by atoms with Gasteiger partial charge < -0.3 is 14.8 Å². The second-order valence-electron chi connectivity index (χ2n) is 4.85. The van der Waals surface area contributed by atoms with Crippen molar-refractivity contribution in [2.24, 2.45) is 0 Å². The standard InChI is InChI=1S/C17H18ClNO3/c1-12(11-22-14-6-4-3-5-7-14)19-17(20)13-8-9-16(21-2)15(18)10-13/h3-10,12H,11H2,1-2H3,(H,19,20). The number of para-hydroxylation sites is 1. The molecule has 1 unspecified atom stereocenters. The Morgan fingerprint density at radius 1 is 1.23 bits per heavy atom. The molecule has 0 bridgehead atoms. The summed E-state index contributed by atoms with van der Waals surface area (Å²) in [4.78, 5) is 12.2. The van der Waals surface area contributed by atoms with E-state index in [-0.39, 0.29) is 11.9 Å². The van der Waals surface area contributed by atoms with E-state index in [1.807, 2.05) is 37.3 Å². The van der Waals surface area contributed by atoms with Crippen molar-refractivity contribution in [1.29, 1.82) is 0 Å². The number of benzene rings is 2. The van der Waals surface area contributed by atoms with Gasteiger partial charge in [-0.15, -0.1) is 0 Å². The lowest BCUT2D eigenvalue weighted by Gasteiger charge is -2.15. The molecule has 0 spiro atoms. The minimum absolute atomic E-state index is 0.131. The summed E-state index contributed by atoms with van der Waals surface area (Å²) in [6.07, 6.45) is 0. The molecular weight excluding hydrogens is 302 g/mol. The number of nitrogens with one attached hydrogen (secondary N) is 1. The van der Waals surface area contributed by atoms with Gasteiger partial charge in [-0.3, -0.25) is 4.79 Å². The number of rotatable bonds is 6. The fourth-order valence-corrected chi connectivity index (χ4v) is 2.15. The predicted octanol–water partition coefficient (Wildman–Crippen LogP) is 3.55. The molecule has 4 nitrogen and oxygen atoms in total. The van der Waals surface area contributed by atoms with E-state index >= 15 is 0 Å². The number of hydrogen-bond donors (Lipinski definition) is 1. The Bertz CT molecular complexity index is 631. The van der Waals surface area contributed by atoms with Crippen molar-refractivity contribution < 1.29 is 14.3 Å². The van der Waals surface area contributed by atoms with Gasteiger partial charge in [-0.1, -0.05) is 29.8 Å². The molecule has 0 aromatic heterocycles. The highest BCUT2D eigenvalue weighted by Gasteiger charge is 2.12. The van der Waals surface area contributed by atoms with E-state index in [9.17, 15) is 4.79 Å². The maximum absolute atomic E-state index is 12.2. The maximum atomic E-state index is 12.2. The van der Waals surface area contributed by atoms with Gasteiger partial charge in [0.25, 0.3) is 5.91 Å². The van der Waals surface area contributed by atoms with Crippen LogP contribution in [0.2, 0.25) is 5.02 Å². The molecule has 2 aromatic rings. The summed E-state index contributed by atoms with van der Waals surface area (Å²) >= 11 is 6.02. The fraction of sp³-hybridized carbons (Fsp3) is 0.235. The van der Waals surface area contributed by atoms with Crippen molar-refractivity contribution in [3.8, 4) is 11.5 Å². The molecule has 0 aliphatic rings. The van der Waals surface area contributed by atoms with Crippen LogP contribution in [-0.4, -0.2) is 25.7 Å². The topological polar surface area (TPSA) is 47.6 Å². The molecule has 1 amide bonds. The summed E-state index contributed by atoms with van der Waals surface area (Å²) in [6, 6.07) is 14.3. The van der Waals surface area contributed by atoms with Gasteiger partial charge in [0.15, 0.2) is 0 Å². The van der Waals surface area contributed by atoms with Gasteiger partial charge in [0.05, 0.1) is 18.2 Å². The first-order valence-electron chi connectivity index (χ1n) is 6.92. The number of amides is 1. The summed E-state index contributed by atoms with van der Waals surface area (Å²) in [5.74, 6) is 1.11. The van der Waals surface area contributed by atoms with E-state index in [0.29, 0.717) is 22.9 Å². The van der Waals surface area contributed by atoms with Gasteiger partial charge in [-0.2, -0.15) is 0 Å². The van der Waals surface area contributed by atoms with Crippen molar-refractivity contribution in [1.82, 2.24) is 5.32 Å². The van der Waals surface area contributed by atoms with E-state index < -0.39 is 0 Å². The van der Waals surface area contributed by atoms with Crippen molar-refractivity contribution in [3.63, 3.8) is 0 Å². The summed E-state index contributed by atoms with van der Waals surface area (Å²) < 4.78 is 10.7. The number of ether oxygens (including phenoxy) is 2. The molecule has 0 fully saturated rings. The number of halogens is 1. The molecule has 0 saturated heterocycles. The van der Waals surface area contributed by atoms with E-state index in [4.69, 9.17) is 21.1 Å². The van der Waals surface area contributed by atoms with E-state index in [2.05, 4.69) is 5.32 Å². The van der Waals surface area contributed by atoms with Crippen LogP contribution in [0.3, 0.4) is 0 Å². The summed E-state index contributed by atoms with van der Waals surface area (Å²) in [5.41, 5.74) is 0.484. The Labute approximate surface area is 135 Å². The highest BCUT2D eigenvalue weighted by atomic mass is 35.5. The zero-order valence-corrected chi connectivity index (χ0v) is 13.3. The molecule has 0 aliphatic carbocycles. The van der Waals surface area contributed by atoms with Crippen LogP contribution in [0.1, 0.15) is 17.3 Å². The van der Waals surface area contributed by atoms with Crippen LogP contribution in [0.15, 0.2) is 48.5 Å². The van der Waals surface area contributed by atoms with E-state index in [1.54, 1.807) is 18.2 Å². The lowest BCUT2D eigenvalue weighted by atomic mass is 10.2. The molecule has 0 aliphatic heterocycles. The molecule has 0 saturated carbocycles. The second-order valence-corrected chi connectivity index (χ2v) is 5.26. The molecule has 1 N–H and O–H groups in total. The predicted molar refractivity (Wildman–Crippen MR) is 86.9 cm³/mol. The normalized spacial score (nSPS) is 11.6. The zero-order valence-electron chi connectivity index (χ0n) is 12.5. The van der Waals surface area contributed by atoms with Crippen molar-refractivity contribution in [2.75, 3.05) is 13.7 Å². The zero-order chi connectivity index (χ0) is 15.9. The molecule has 22 heavy (non-hydrogen) atoms. The average molecular weight is 320 g/mol. The SMILES string of the molecule is COc1ccc(C(=O)NC(C)COc2ccccc2)cc1Cl. The van der Waals surface area contributed by atoms with Crippen LogP contribution >= 0.6 is 11.6 Å². The van der Waals surface area contributed by atoms with Gasteiger partial charge in [0, 0.05) is 5.56 Å². The fourth-order valence-electron chi connectivity index (χ4n) is 1.89. The lowest BCUT2D eigenvalue weighted by molar-refractivity contribution is 0.0926. The quantitative estimate of drug-likeness (QED) is 0.885. The third kappa shape index (κ3) is 4.40. The van der Waals surface area contributed by atoms with E-state index in [1.165, 1.54) is 7.11 Å². The highest BCUT2D eigenvalue weighted by molar-refractivity contribution is 6.32. The van der Waals surface area contributed by atoms with Gasteiger partial charge in [0.1, 0.15) is 18.1 Å². The van der Waals surface area contributed by atoms with Crippen molar-refractivity contribution in [2.45, 2.75) is 13.0 Å². The van der Waals surface area contributed by atoms with Crippen LogP contribution in [0.5, 0.6) is 11.5 Å². The molecule has 2 rings (SSSR count). The average Bonchev–Trinajstić information content (AvgIpc) is 2.53. The van der Waals surface area contributed by atoms with Gasteiger partial charge in [0.2, 0.25) is 0 Å². The monoisotopic (exact) mass is 319 g/mol. The Kier molecular flexibility index (Phi) is 5.67. The first-order valence-corrected chi connectivity index (χ1v) is 7.30. The smallest absolute Gasteiger partial charge is 0.251 e. The summed E-state index contributed by atoms with van der Waals surface area (Å²) in [6.45, 7) is 2.27. The van der Waals surface area contributed by atoms with Crippen LogP contribution in [0.4, 0.5) is 0 Å². The number of methoxy groups -OCH3 is 1. The maximum Gasteiger partial charge on any atom is 0.251 e. The largest absolute Gasteiger partial charge is 0.495 e. The second kappa shape index (κ2) is 7.71. The van der Waals surface area contributed by atoms with Gasteiger partial charge in [-0.05, 0) is 37.3 Å². The molecule has 0 radical (unpaired) electrons. The third-order valence-corrected chi connectivity index (χ3v) is 3.33. The van der Waals surface area contributed by atoms with Crippen LogP contribution in [0, 0.1) is 0 Å². The van der Waals surface area contributed by atoms with E-state index in [0.717, 1.165) is 5.75 Å². The molecular formula is C17H18ClNO3. The first kappa shape index (κ1) is 16.2. The minimum atomic E-state index is -0.200. The number of carbonyl (C=O) groups excluding carboxylic acids is 1. The minimum Gasteiger partial charge on any atom is -0.495 e. The lowest BCUT2D eigenvalue weighted by Crippen LogP contribution is -2.36. The Morgan fingerprint density at radius 2 is 1.95 bits per heavy atom. The van der Waals surface area contributed by atoms with Gasteiger partial charge >= 0.3 is 0 Å².